The average molecular weight is 260 g/mol. The standard InChI is InChI=1S/C19H16O/c1-14-11-16-9-5-6-10-17(16)12-18(14)13-19(20)15-7-3-2-4-8-15/h2-11,13H,12H2,1H3. The third-order valence-corrected chi connectivity index (χ3v) is 3.68. The van der Waals surface area contributed by atoms with Gasteiger partial charge < -0.3 is 0 Å². The van der Waals surface area contributed by atoms with Gasteiger partial charge in [0.2, 0.25) is 0 Å². The lowest BCUT2D eigenvalue weighted by atomic mass is 9.88. The molecular weight excluding hydrogens is 244 g/mol. The van der Waals surface area contributed by atoms with Crippen LogP contribution in [0.5, 0.6) is 0 Å². The van der Waals surface area contributed by atoms with E-state index in [1.165, 1.54) is 16.7 Å². The highest BCUT2D eigenvalue weighted by atomic mass is 16.1. The van der Waals surface area contributed by atoms with Gasteiger partial charge in [-0.3, -0.25) is 4.79 Å². The summed E-state index contributed by atoms with van der Waals surface area (Å²) in [7, 11) is 0. The van der Waals surface area contributed by atoms with Crippen LogP contribution in [0.3, 0.4) is 0 Å². The van der Waals surface area contributed by atoms with Crippen LogP contribution in [0.25, 0.3) is 6.08 Å². The molecule has 2 aromatic rings. The molecule has 0 aliphatic heterocycles. The van der Waals surface area contributed by atoms with E-state index in [-0.39, 0.29) is 5.78 Å². The Kier molecular flexibility index (Phi) is 3.34. The van der Waals surface area contributed by atoms with E-state index in [0.29, 0.717) is 0 Å². The first-order valence-corrected chi connectivity index (χ1v) is 6.80. The molecule has 0 spiro atoms. The Bertz CT molecular complexity index is 706. The van der Waals surface area contributed by atoms with Crippen molar-refractivity contribution in [1.82, 2.24) is 0 Å². The molecule has 0 radical (unpaired) electrons. The molecule has 0 N–H and O–H groups in total. The highest BCUT2D eigenvalue weighted by molar-refractivity contribution is 6.05. The molecular formula is C19H16O. The van der Waals surface area contributed by atoms with Crippen molar-refractivity contribution in [2.24, 2.45) is 0 Å². The Morgan fingerprint density at radius 2 is 1.70 bits per heavy atom. The fourth-order valence-electron chi connectivity index (χ4n) is 2.52. The summed E-state index contributed by atoms with van der Waals surface area (Å²) in [6, 6.07) is 17.8. The zero-order valence-electron chi connectivity index (χ0n) is 11.5. The van der Waals surface area contributed by atoms with E-state index in [4.69, 9.17) is 0 Å². The summed E-state index contributed by atoms with van der Waals surface area (Å²) in [4.78, 5) is 12.3. The summed E-state index contributed by atoms with van der Waals surface area (Å²) < 4.78 is 0. The Balaban J connectivity index is 1.93. The molecule has 2 aromatic carbocycles. The number of allylic oxidation sites excluding steroid dienone is 3. The van der Waals surface area contributed by atoms with E-state index in [9.17, 15) is 4.79 Å². The Morgan fingerprint density at radius 3 is 2.50 bits per heavy atom. The lowest BCUT2D eigenvalue weighted by Crippen LogP contribution is -2.04. The van der Waals surface area contributed by atoms with Crippen molar-refractivity contribution >= 4 is 11.9 Å². The van der Waals surface area contributed by atoms with Crippen LogP contribution in [0.1, 0.15) is 28.4 Å². The summed E-state index contributed by atoms with van der Waals surface area (Å²) in [5.41, 5.74) is 5.57. The third-order valence-electron chi connectivity index (χ3n) is 3.68. The van der Waals surface area contributed by atoms with Crippen LogP contribution in [0, 0.1) is 0 Å². The first-order chi connectivity index (χ1) is 9.74. The van der Waals surface area contributed by atoms with Gasteiger partial charge >= 0.3 is 0 Å². The topological polar surface area (TPSA) is 17.1 Å². The van der Waals surface area contributed by atoms with E-state index in [2.05, 4.69) is 25.1 Å². The van der Waals surface area contributed by atoms with Crippen molar-refractivity contribution in [1.29, 1.82) is 0 Å². The number of benzene rings is 2. The number of fused-ring (bicyclic) bond motifs is 1. The average Bonchev–Trinajstić information content (AvgIpc) is 2.49. The molecule has 1 aliphatic carbocycles. The molecule has 0 saturated heterocycles. The molecule has 20 heavy (non-hydrogen) atoms. The summed E-state index contributed by atoms with van der Waals surface area (Å²) >= 11 is 0. The molecule has 0 saturated carbocycles. The SMILES string of the molecule is CC1=Cc2ccccc2CC1=CC(=O)c1ccccc1. The molecule has 0 fully saturated rings. The van der Waals surface area contributed by atoms with Crippen LogP contribution in [0.2, 0.25) is 0 Å². The number of rotatable bonds is 2. The van der Waals surface area contributed by atoms with Crippen LogP contribution in [-0.2, 0) is 6.42 Å². The Labute approximate surface area is 119 Å². The van der Waals surface area contributed by atoms with Crippen LogP contribution in [0.15, 0.2) is 71.8 Å². The number of ketones is 1. The summed E-state index contributed by atoms with van der Waals surface area (Å²) in [6.45, 7) is 2.07. The maximum Gasteiger partial charge on any atom is 0.186 e. The minimum Gasteiger partial charge on any atom is -0.289 e. The van der Waals surface area contributed by atoms with Crippen molar-refractivity contribution in [3.8, 4) is 0 Å². The largest absolute Gasteiger partial charge is 0.289 e. The van der Waals surface area contributed by atoms with Crippen molar-refractivity contribution in [3.63, 3.8) is 0 Å². The quantitative estimate of drug-likeness (QED) is 0.575. The van der Waals surface area contributed by atoms with Gasteiger partial charge in [0.25, 0.3) is 0 Å². The van der Waals surface area contributed by atoms with Crippen LogP contribution in [-0.4, -0.2) is 5.78 Å². The summed E-state index contributed by atoms with van der Waals surface area (Å²) in [6.07, 6.45) is 4.76. The van der Waals surface area contributed by atoms with Gasteiger partial charge in [-0.1, -0.05) is 60.7 Å². The lowest BCUT2D eigenvalue weighted by Gasteiger charge is -2.17. The van der Waals surface area contributed by atoms with Crippen molar-refractivity contribution in [2.75, 3.05) is 0 Å². The fourth-order valence-corrected chi connectivity index (χ4v) is 2.52. The number of carbonyl (C=O) groups excluding carboxylic acids is 1. The molecule has 0 unspecified atom stereocenters. The van der Waals surface area contributed by atoms with Gasteiger partial charge in [0.15, 0.2) is 5.78 Å². The molecule has 1 nitrogen and oxygen atoms in total. The van der Waals surface area contributed by atoms with E-state index < -0.39 is 0 Å². The van der Waals surface area contributed by atoms with Gasteiger partial charge in [0.05, 0.1) is 0 Å². The molecule has 0 heterocycles. The second-order valence-electron chi connectivity index (χ2n) is 5.10. The summed E-state index contributed by atoms with van der Waals surface area (Å²) in [5, 5.41) is 0. The maximum atomic E-state index is 12.3. The Morgan fingerprint density at radius 1 is 1.00 bits per heavy atom. The maximum absolute atomic E-state index is 12.3. The van der Waals surface area contributed by atoms with Crippen molar-refractivity contribution < 1.29 is 4.79 Å². The fraction of sp³-hybridized carbons (Fsp3) is 0.105. The van der Waals surface area contributed by atoms with Crippen molar-refractivity contribution in [3.05, 3.63) is 88.5 Å². The van der Waals surface area contributed by atoms with E-state index >= 15 is 0 Å². The molecule has 1 heteroatoms. The second kappa shape index (κ2) is 5.30. The van der Waals surface area contributed by atoms with Gasteiger partial charge in [-0.2, -0.15) is 0 Å². The molecule has 3 rings (SSSR count). The van der Waals surface area contributed by atoms with Crippen LogP contribution in [0.4, 0.5) is 0 Å². The second-order valence-corrected chi connectivity index (χ2v) is 5.10. The molecule has 0 aromatic heterocycles. The molecule has 0 amide bonds. The molecule has 1 aliphatic rings. The van der Waals surface area contributed by atoms with E-state index in [0.717, 1.165) is 17.6 Å². The predicted octanol–water partition coefficient (Wildman–Crippen LogP) is 4.46. The number of carbonyl (C=O) groups is 1. The van der Waals surface area contributed by atoms with E-state index in [1.807, 2.05) is 42.5 Å². The monoisotopic (exact) mass is 260 g/mol. The normalized spacial score (nSPS) is 15.7. The van der Waals surface area contributed by atoms with Gasteiger partial charge in [-0.25, -0.2) is 0 Å². The smallest absolute Gasteiger partial charge is 0.186 e. The Hall–Kier alpha value is -2.41. The van der Waals surface area contributed by atoms with Crippen LogP contribution >= 0.6 is 0 Å². The van der Waals surface area contributed by atoms with Crippen molar-refractivity contribution in [2.45, 2.75) is 13.3 Å². The highest BCUT2D eigenvalue weighted by Crippen LogP contribution is 2.27. The van der Waals surface area contributed by atoms with Gasteiger partial charge in [0, 0.05) is 5.56 Å². The van der Waals surface area contributed by atoms with Gasteiger partial charge in [-0.05, 0) is 41.7 Å². The number of hydrogen-bond donors (Lipinski definition) is 0. The first-order valence-electron chi connectivity index (χ1n) is 6.80. The van der Waals surface area contributed by atoms with Gasteiger partial charge in [0.1, 0.15) is 0 Å². The minimum absolute atomic E-state index is 0.0766. The molecule has 0 bridgehead atoms. The third kappa shape index (κ3) is 2.48. The first kappa shape index (κ1) is 12.6. The van der Waals surface area contributed by atoms with Gasteiger partial charge in [-0.15, -0.1) is 0 Å². The zero-order valence-corrected chi connectivity index (χ0v) is 11.5. The minimum atomic E-state index is 0.0766. The molecule has 98 valence electrons. The molecule has 0 atom stereocenters. The van der Waals surface area contributed by atoms with E-state index in [1.54, 1.807) is 6.08 Å². The number of hydrogen-bond acceptors (Lipinski definition) is 1. The highest BCUT2D eigenvalue weighted by Gasteiger charge is 2.13. The summed E-state index contributed by atoms with van der Waals surface area (Å²) in [5.74, 6) is 0.0766. The zero-order chi connectivity index (χ0) is 13.9. The van der Waals surface area contributed by atoms with Crippen LogP contribution < -0.4 is 0 Å². The predicted molar refractivity (Wildman–Crippen MR) is 82.7 cm³/mol. The lowest BCUT2D eigenvalue weighted by molar-refractivity contribution is 0.104.